The number of nitrogens with zero attached hydrogens (tertiary/aromatic N) is 1. The van der Waals surface area contributed by atoms with E-state index in [0.717, 1.165) is 18.7 Å². The van der Waals surface area contributed by atoms with Crippen molar-refractivity contribution < 1.29 is 9.50 Å². The molecule has 0 aliphatic carbocycles. The summed E-state index contributed by atoms with van der Waals surface area (Å²) in [5.74, 6) is 5.12. The van der Waals surface area contributed by atoms with E-state index in [1.807, 2.05) is 6.07 Å². The molecule has 0 bridgehead atoms. The van der Waals surface area contributed by atoms with E-state index in [0.29, 0.717) is 11.6 Å². The van der Waals surface area contributed by atoms with Gasteiger partial charge >= 0.3 is 0 Å². The van der Waals surface area contributed by atoms with E-state index in [9.17, 15) is 4.39 Å². The first-order valence-corrected chi connectivity index (χ1v) is 7.86. The van der Waals surface area contributed by atoms with Gasteiger partial charge in [0.05, 0.1) is 0 Å². The molecule has 0 spiro atoms. The lowest BCUT2D eigenvalue weighted by Gasteiger charge is -2.35. The summed E-state index contributed by atoms with van der Waals surface area (Å²) in [4.78, 5) is 2.48. The second kappa shape index (κ2) is 8.17. The molecule has 1 N–H and O–H groups in total. The minimum absolute atomic E-state index is 0.198. The molecule has 1 saturated heterocycles. The number of piperidine rings is 1. The first kappa shape index (κ1) is 16.0. The minimum atomic E-state index is -0.251. The third kappa shape index (κ3) is 4.84. The molecule has 1 aliphatic rings. The van der Waals surface area contributed by atoms with E-state index in [4.69, 9.17) is 5.11 Å². The topological polar surface area (TPSA) is 23.5 Å². The van der Waals surface area contributed by atoms with Gasteiger partial charge in [-0.3, -0.25) is 4.90 Å². The number of hydrogen-bond donors (Lipinski definition) is 1. The number of benzene rings is 1. The van der Waals surface area contributed by atoms with Crippen molar-refractivity contribution >= 4 is 0 Å². The van der Waals surface area contributed by atoms with Crippen LogP contribution in [0.15, 0.2) is 18.2 Å². The largest absolute Gasteiger partial charge is 0.384 e. The summed E-state index contributed by atoms with van der Waals surface area (Å²) in [5, 5.41) is 8.75. The van der Waals surface area contributed by atoms with Gasteiger partial charge in [-0.15, -0.1) is 0 Å². The second-order valence-electron chi connectivity index (χ2n) is 5.72. The van der Waals surface area contributed by atoms with Gasteiger partial charge in [0.1, 0.15) is 12.4 Å². The minimum Gasteiger partial charge on any atom is -0.384 e. The van der Waals surface area contributed by atoms with Crippen LogP contribution in [0.2, 0.25) is 0 Å². The van der Waals surface area contributed by atoms with Gasteiger partial charge in [-0.1, -0.05) is 31.6 Å². The normalized spacial score (nSPS) is 19.1. The molecule has 1 aromatic carbocycles. The van der Waals surface area contributed by atoms with Crippen molar-refractivity contribution in [1.82, 2.24) is 4.90 Å². The molecule has 0 amide bonds. The Labute approximate surface area is 127 Å². The van der Waals surface area contributed by atoms with Crippen LogP contribution in [-0.4, -0.2) is 29.2 Å². The van der Waals surface area contributed by atoms with Crippen molar-refractivity contribution in [2.24, 2.45) is 0 Å². The lowest BCUT2D eigenvalue weighted by atomic mass is 9.97. The first-order chi connectivity index (χ1) is 10.2. The van der Waals surface area contributed by atoms with Crippen molar-refractivity contribution in [2.45, 2.75) is 51.6 Å². The van der Waals surface area contributed by atoms with Crippen LogP contribution in [0.25, 0.3) is 0 Å². The van der Waals surface area contributed by atoms with E-state index in [1.54, 1.807) is 6.07 Å². The fourth-order valence-corrected chi connectivity index (χ4v) is 3.12. The van der Waals surface area contributed by atoms with E-state index in [1.165, 1.54) is 38.2 Å². The molecule has 1 aromatic rings. The Morgan fingerprint density at radius 1 is 1.33 bits per heavy atom. The predicted molar refractivity (Wildman–Crippen MR) is 83.3 cm³/mol. The average molecular weight is 289 g/mol. The monoisotopic (exact) mass is 289 g/mol. The zero-order valence-electron chi connectivity index (χ0n) is 12.7. The summed E-state index contributed by atoms with van der Waals surface area (Å²) >= 11 is 0. The van der Waals surface area contributed by atoms with E-state index < -0.39 is 0 Å². The van der Waals surface area contributed by atoms with Crippen molar-refractivity contribution in [3.63, 3.8) is 0 Å². The van der Waals surface area contributed by atoms with Crippen LogP contribution in [0.3, 0.4) is 0 Å². The number of likely N-dealkylation sites (tertiary alicyclic amines) is 1. The molecule has 21 heavy (non-hydrogen) atoms. The van der Waals surface area contributed by atoms with E-state index in [2.05, 4.69) is 23.7 Å². The summed E-state index contributed by atoms with van der Waals surface area (Å²) in [6.45, 7) is 3.91. The molecule has 1 unspecified atom stereocenters. The molecule has 0 saturated carbocycles. The van der Waals surface area contributed by atoms with Crippen molar-refractivity contribution in [1.29, 1.82) is 0 Å². The highest BCUT2D eigenvalue weighted by Crippen LogP contribution is 2.23. The summed E-state index contributed by atoms with van der Waals surface area (Å²) < 4.78 is 13.7. The highest BCUT2D eigenvalue weighted by molar-refractivity contribution is 5.37. The summed E-state index contributed by atoms with van der Waals surface area (Å²) in [6.07, 6.45) is 6.19. The molecule has 0 aromatic heterocycles. The molecule has 1 aliphatic heterocycles. The average Bonchev–Trinajstić information content (AvgIpc) is 2.47. The number of hydrogen-bond acceptors (Lipinski definition) is 2. The lowest BCUT2D eigenvalue weighted by Crippen LogP contribution is -2.38. The molecule has 1 heterocycles. The van der Waals surface area contributed by atoms with Crippen LogP contribution in [-0.2, 0) is 6.54 Å². The third-order valence-corrected chi connectivity index (χ3v) is 4.03. The smallest absolute Gasteiger partial charge is 0.124 e. The van der Waals surface area contributed by atoms with E-state index >= 15 is 0 Å². The van der Waals surface area contributed by atoms with Crippen LogP contribution in [0.5, 0.6) is 0 Å². The quantitative estimate of drug-likeness (QED) is 0.860. The SMILES string of the molecule is CCCC1CCCCN1Cc1cc(F)cc(C#CCO)c1. The van der Waals surface area contributed by atoms with Crippen LogP contribution in [0.4, 0.5) is 4.39 Å². The Balaban J connectivity index is 2.11. The van der Waals surface area contributed by atoms with Crippen molar-refractivity contribution in [3.05, 3.63) is 35.1 Å². The van der Waals surface area contributed by atoms with Gasteiger partial charge in [-0.25, -0.2) is 4.39 Å². The molecule has 2 rings (SSSR count). The van der Waals surface area contributed by atoms with Crippen molar-refractivity contribution in [3.8, 4) is 11.8 Å². The Kier molecular flexibility index (Phi) is 6.22. The maximum atomic E-state index is 13.7. The Bertz CT molecular complexity index is 516. The Hall–Kier alpha value is -1.37. The number of aliphatic hydroxyl groups is 1. The summed E-state index contributed by atoms with van der Waals surface area (Å²) in [5.41, 5.74) is 1.61. The Morgan fingerprint density at radius 3 is 2.95 bits per heavy atom. The first-order valence-electron chi connectivity index (χ1n) is 7.86. The standard InChI is InChI=1S/C18H24FNO/c1-2-6-18-8-3-4-9-20(18)14-16-11-15(7-5-10-21)12-17(19)13-16/h11-13,18,21H,2-4,6,8-10,14H2,1H3. The Morgan fingerprint density at radius 2 is 2.19 bits per heavy atom. The van der Waals surface area contributed by atoms with Crippen LogP contribution < -0.4 is 0 Å². The van der Waals surface area contributed by atoms with Gasteiger partial charge in [-0.2, -0.15) is 0 Å². The molecular weight excluding hydrogens is 265 g/mol. The van der Waals surface area contributed by atoms with Gasteiger partial charge < -0.3 is 5.11 Å². The maximum Gasteiger partial charge on any atom is 0.124 e. The zero-order valence-corrected chi connectivity index (χ0v) is 12.7. The fourth-order valence-electron chi connectivity index (χ4n) is 3.12. The molecule has 0 radical (unpaired) electrons. The molecule has 3 heteroatoms. The van der Waals surface area contributed by atoms with E-state index in [-0.39, 0.29) is 12.4 Å². The van der Waals surface area contributed by atoms with Gasteiger partial charge in [0, 0.05) is 18.2 Å². The van der Waals surface area contributed by atoms with Crippen LogP contribution in [0.1, 0.15) is 50.2 Å². The molecule has 1 atom stereocenters. The van der Waals surface area contributed by atoms with Gasteiger partial charge in [-0.05, 0) is 49.6 Å². The molecular formula is C18H24FNO. The molecule has 2 nitrogen and oxygen atoms in total. The van der Waals surface area contributed by atoms with Gasteiger partial charge in [0.15, 0.2) is 0 Å². The highest BCUT2D eigenvalue weighted by Gasteiger charge is 2.21. The summed E-state index contributed by atoms with van der Waals surface area (Å²) in [6, 6.07) is 5.58. The van der Waals surface area contributed by atoms with Crippen LogP contribution in [0, 0.1) is 17.7 Å². The molecule has 1 fully saturated rings. The zero-order chi connectivity index (χ0) is 15.1. The maximum absolute atomic E-state index is 13.7. The third-order valence-electron chi connectivity index (χ3n) is 4.03. The number of aliphatic hydroxyl groups excluding tert-OH is 1. The second-order valence-corrected chi connectivity index (χ2v) is 5.72. The van der Waals surface area contributed by atoms with Crippen LogP contribution >= 0.6 is 0 Å². The highest BCUT2D eigenvalue weighted by atomic mass is 19.1. The fraction of sp³-hybridized carbons (Fsp3) is 0.556. The molecule has 114 valence electrons. The lowest BCUT2D eigenvalue weighted by molar-refractivity contribution is 0.131. The van der Waals surface area contributed by atoms with Gasteiger partial charge in [0.25, 0.3) is 0 Å². The number of rotatable bonds is 4. The summed E-state index contributed by atoms with van der Waals surface area (Å²) in [7, 11) is 0. The van der Waals surface area contributed by atoms with Gasteiger partial charge in [0.2, 0.25) is 0 Å². The number of halogens is 1. The predicted octanol–water partition coefficient (Wildman–Crippen LogP) is 3.32. The van der Waals surface area contributed by atoms with Crippen molar-refractivity contribution in [2.75, 3.05) is 13.2 Å².